The third-order valence-electron chi connectivity index (χ3n) is 3.00. The second-order valence-electron chi connectivity index (χ2n) is 4.21. The summed E-state index contributed by atoms with van der Waals surface area (Å²) in [5.41, 5.74) is 2.73. The Kier molecular flexibility index (Phi) is 3.63. The Labute approximate surface area is 129 Å². The number of imidazole rings is 1. The van der Waals surface area contributed by atoms with Gasteiger partial charge in [-0.2, -0.15) is 0 Å². The van der Waals surface area contributed by atoms with Crippen molar-refractivity contribution < 1.29 is 4.74 Å². The van der Waals surface area contributed by atoms with E-state index < -0.39 is 0 Å². The summed E-state index contributed by atoms with van der Waals surface area (Å²) < 4.78 is 8.26. The number of hydrogen-bond donors (Lipinski definition) is 0. The van der Waals surface area contributed by atoms with E-state index in [1.54, 1.807) is 19.5 Å². The molecule has 0 saturated heterocycles. The van der Waals surface area contributed by atoms with Gasteiger partial charge in [0.25, 0.3) is 0 Å². The molecule has 0 aliphatic rings. The molecule has 3 aromatic rings. The van der Waals surface area contributed by atoms with E-state index >= 15 is 0 Å². The van der Waals surface area contributed by atoms with Gasteiger partial charge >= 0.3 is 0 Å². The number of ether oxygens (including phenoxy) is 1. The van der Waals surface area contributed by atoms with Gasteiger partial charge in [0.2, 0.25) is 0 Å². The zero-order chi connectivity index (χ0) is 14.1. The maximum Gasteiger partial charge on any atom is 0.129 e. The summed E-state index contributed by atoms with van der Waals surface area (Å²) in [5, 5.41) is 0. The van der Waals surface area contributed by atoms with Crippen LogP contribution in [-0.4, -0.2) is 21.6 Å². The summed E-state index contributed by atoms with van der Waals surface area (Å²) in [6.45, 7) is 0. The first-order chi connectivity index (χ1) is 9.72. The van der Waals surface area contributed by atoms with Gasteiger partial charge in [0.1, 0.15) is 17.1 Å². The number of fused-ring (bicyclic) bond motifs is 1. The molecule has 20 heavy (non-hydrogen) atoms. The van der Waals surface area contributed by atoms with Crippen LogP contribution in [0, 0.1) is 0 Å². The molecule has 102 valence electrons. The number of hydrogen-bond acceptors (Lipinski definition) is 3. The van der Waals surface area contributed by atoms with E-state index in [0.717, 1.165) is 32.8 Å². The molecule has 0 fully saturated rings. The van der Waals surface area contributed by atoms with Crippen LogP contribution in [-0.2, 0) is 5.88 Å². The molecule has 0 amide bonds. The number of benzene rings is 1. The van der Waals surface area contributed by atoms with Crippen molar-refractivity contribution >= 4 is 38.6 Å². The van der Waals surface area contributed by atoms with E-state index in [1.165, 1.54) is 0 Å². The Morgan fingerprint density at radius 1 is 1.35 bits per heavy atom. The van der Waals surface area contributed by atoms with Crippen molar-refractivity contribution in [3.63, 3.8) is 0 Å². The number of aromatic nitrogens is 3. The van der Waals surface area contributed by atoms with Crippen molar-refractivity contribution in [2.24, 2.45) is 0 Å². The summed E-state index contributed by atoms with van der Waals surface area (Å²) in [6, 6.07) is 7.78. The minimum atomic E-state index is 0.323. The molecular weight excluding hydrogens is 342 g/mol. The van der Waals surface area contributed by atoms with Crippen molar-refractivity contribution in [2.45, 2.75) is 5.88 Å². The van der Waals surface area contributed by atoms with E-state index in [4.69, 9.17) is 16.3 Å². The fourth-order valence-electron chi connectivity index (χ4n) is 2.15. The molecule has 0 bridgehead atoms. The average Bonchev–Trinajstić information content (AvgIpc) is 2.85. The Balaban J connectivity index is 2.30. The average molecular weight is 353 g/mol. The minimum absolute atomic E-state index is 0.323. The first kappa shape index (κ1) is 13.4. The van der Waals surface area contributed by atoms with Crippen molar-refractivity contribution in [3.05, 3.63) is 47.0 Å². The van der Waals surface area contributed by atoms with E-state index in [-0.39, 0.29) is 0 Å². The van der Waals surface area contributed by atoms with Crippen LogP contribution in [0.25, 0.3) is 16.7 Å². The fraction of sp³-hybridized carbons (Fsp3) is 0.143. The van der Waals surface area contributed by atoms with Gasteiger partial charge in [-0.15, -0.1) is 11.6 Å². The van der Waals surface area contributed by atoms with Crippen molar-refractivity contribution in [2.75, 3.05) is 7.11 Å². The summed E-state index contributed by atoms with van der Waals surface area (Å²) in [5.74, 6) is 1.87. The summed E-state index contributed by atoms with van der Waals surface area (Å²) in [6.07, 6.45) is 3.48. The van der Waals surface area contributed by atoms with Crippen LogP contribution in [0.4, 0.5) is 0 Å². The molecule has 1 aromatic carbocycles. The molecule has 4 nitrogen and oxygen atoms in total. The fourth-order valence-corrected chi connectivity index (χ4v) is 2.79. The normalized spacial score (nSPS) is 10.9. The van der Waals surface area contributed by atoms with Gasteiger partial charge in [-0.25, -0.2) is 4.98 Å². The number of rotatable bonds is 3. The molecule has 3 rings (SSSR count). The molecule has 0 spiro atoms. The Morgan fingerprint density at radius 3 is 2.95 bits per heavy atom. The van der Waals surface area contributed by atoms with Gasteiger partial charge in [-0.3, -0.25) is 9.55 Å². The van der Waals surface area contributed by atoms with E-state index in [2.05, 4.69) is 25.9 Å². The quantitative estimate of drug-likeness (QED) is 0.671. The van der Waals surface area contributed by atoms with Crippen LogP contribution >= 0.6 is 27.5 Å². The van der Waals surface area contributed by atoms with Crippen LogP contribution in [0.2, 0.25) is 0 Å². The van der Waals surface area contributed by atoms with E-state index in [9.17, 15) is 0 Å². The van der Waals surface area contributed by atoms with Crippen LogP contribution in [0.3, 0.4) is 0 Å². The van der Waals surface area contributed by atoms with Gasteiger partial charge in [0.15, 0.2) is 0 Å². The van der Waals surface area contributed by atoms with Gasteiger partial charge in [0.05, 0.1) is 30.4 Å². The van der Waals surface area contributed by atoms with Gasteiger partial charge in [-0.05, 0) is 18.2 Å². The third-order valence-corrected chi connectivity index (χ3v) is 3.69. The topological polar surface area (TPSA) is 39.9 Å². The lowest BCUT2D eigenvalue weighted by Crippen LogP contribution is -2.00. The molecule has 2 aromatic heterocycles. The molecule has 0 N–H and O–H groups in total. The monoisotopic (exact) mass is 351 g/mol. The first-order valence-electron chi connectivity index (χ1n) is 5.95. The molecule has 0 aliphatic heterocycles. The highest BCUT2D eigenvalue weighted by Gasteiger charge is 2.13. The van der Waals surface area contributed by atoms with E-state index in [0.29, 0.717) is 5.88 Å². The highest BCUT2D eigenvalue weighted by Crippen LogP contribution is 2.28. The van der Waals surface area contributed by atoms with Crippen LogP contribution in [0.15, 0.2) is 41.1 Å². The maximum atomic E-state index is 6.02. The maximum absolute atomic E-state index is 6.02. The van der Waals surface area contributed by atoms with Gasteiger partial charge in [-0.1, -0.05) is 15.9 Å². The zero-order valence-electron chi connectivity index (χ0n) is 10.7. The predicted molar refractivity (Wildman–Crippen MR) is 82.7 cm³/mol. The largest absolute Gasteiger partial charge is 0.497 e. The third kappa shape index (κ3) is 2.27. The second kappa shape index (κ2) is 5.42. The summed E-state index contributed by atoms with van der Waals surface area (Å²) in [4.78, 5) is 8.60. The Hall–Kier alpha value is -1.59. The molecule has 0 atom stereocenters. The first-order valence-corrected chi connectivity index (χ1v) is 7.28. The van der Waals surface area contributed by atoms with Crippen LogP contribution in [0.5, 0.6) is 5.75 Å². The van der Waals surface area contributed by atoms with Crippen molar-refractivity contribution in [1.82, 2.24) is 14.5 Å². The lowest BCUT2D eigenvalue weighted by Gasteiger charge is -2.10. The number of methoxy groups -OCH3 is 1. The molecule has 2 heterocycles. The predicted octanol–water partition coefficient (Wildman–Crippen LogP) is 3.93. The highest BCUT2D eigenvalue weighted by molar-refractivity contribution is 9.10. The lowest BCUT2D eigenvalue weighted by molar-refractivity contribution is 0.414. The second-order valence-corrected chi connectivity index (χ2v) is 5.39. The SMILES string of the molecule is COc1cc(Br)cc(-n2c(CCl)nc3cnccc32)c1. The van der Waals surface area contributed by atoms with Crippen molar-refractivity contribution in [3.8, 4) is 11.4 Å². The molecule has 0 radical (unpaired) electrons. The number of pyridine rings is 1. The number of alkyl halides is 1. The smallest absolute Gasteiger partial charge is 0.129 e. The van der Waals surface area contributed by atoms with Crippen molar-refractivity contribution in [1.29, 1.82) is 0 Å². The summed E-state index contributed by atoms with van der Waals surface area (Å²) >= 11 is 9.51. The Morgan fingerprint density at radius 2 is 2.20 bits per heavy atom. The van der Waals surface area contributed by atoms with Gasteiger partial charge < -0.3 is 4.74 Å². The zero-order valence-corrected chi connectivity index (χ0v) is 13.0. The molecule has 0 unspecified atom stereocenters. The number of nitrogens with zero attached hydrogens (tertiary/aromatic N) is 3. The van der Waals surface area contributed by atoms with Gasteiger partial charge in [0, 0.05) is 16.7 Å². The molecule has 0 saturated carbocycles. The van der Waals surface area contributed by atoms with E-state index in [1.807, 2.05) is 28.8 Å². The molecular formula is C14H11BrClN3O. The van der Waals surface area contributed by atoms with Crippen LogP contribution in [0.1, 0.15) is 5.82 Å². The summed E-state index contributed by atoms with van der Waals surface area (Å²) in [7, 11) is 1.64. The molecule has 0 aliphatic carbocycles. The van der Waals surface area contributed by atoms with Crippen LogP contribution < -0.4 is 4.74 Å². The Bertz CT molecular complexity index is 772. The number of halogens is 2. The lowest BCUT2D eigenvalue weighted by atomic mass is 10.3. The minimum Gasteiger partial charge on any atom is -0.497 e. The highest BCUT2D eigenvalue weighted by atomic mass is 79.9. The standard InChI is InChI=1S/C14H11BrClN3O/c1-20-11-5-9(15)4-10(6-11)19-13-2-3-17-8-12(13)18-14(19)7-16/h2-6,8H,7H2,1H3. The molecule has 6 heteroatoms.